The number of nitrogens with zero attached hydrogens (tertiary/aromatic N) is 6. The molecule has 0 saturated heterocycles. The van der Waals surface area contributed by atoms with Gasteiger partial charge in [-0.05, 0) is 37.9 Å². The fraction of sp³-hybridized carbons (Fsp3) is 0.391. The minimum atomic E-state index is -0.679. The standard InChI is InChI=1S/C23H28FN7O3/c1-28(2)14-18-21-26-19(22(33)25-12-15-4-6-16(24)7-5-15)20(32)23(34)31(21)11-10-30(18)13-17-8-9-29(3)27-17/h4-9,18,32H,10-14H2,1-3H3,(H,25,33). The number of carbonyl (C=O) groups is 1. The van der Waals surface area contributed by atoms with Gasteiger partial charge in [0.2, 0.25) is 5.75 Å². The van der Waals surface area contributed by atoms with Crippen LogP contribution in [0.25, 0.3) is 0 Å². The number of aromatic nitrogens is 4. The average molecular weight is 470 g/mol. The van der Waals surface area contributed by atoms with Gasteiger partial charge >= 0.3 is 0 Å². The second-order valence-corrected chi connectivity index (χ2v) is 8.66. The van der Waals surface area contributed by atoms with Crippen molar-refractivity contribution in [3.8, 4) is 5.75 Å². The molecular formula is C23H28FN7O3. The van der Waals surface area contributed by atoms with Crippen molar-refractivity contribution >= 4 is 5.91 Å². The van der Waals surface area contributed by atoms with Gasteiger partial charge in [0.05, 0.1) is 11.7 Å². The highest BCUT2D eigenvalue weighted by molar-refractivity contribution is 5.94. The lowest BCUT2D eigenvalue weighted by Gasteiger charge is -2.38. The highest BCUT2D eigenvalue weighted by atomic mass is 19.1. The molecule has 1 aliphatic heterocycles. The number of fused-ring (bicyclic) bond motifs is 1. The third kappa shape index (κ3) is 5.00. The van der Waals surface area contributed by atoms with Gasteiger partial charge in [0.15, 0.2) is 5.69 Å². The van der Waals surface area contributed by atoms with E-state index < -0.39 is 17.2 Å². The van der Waals surface area contributed by atoms with Crippen LogP contribution in [0.3, 0.4) is 0 Å². The Morgan fingerprint density at radius 3 is 2.62 bits per heavy atom. The Hall–Kier alpha value is -3.57. The van der Waals surface area contributed by atoms with Gasteiger partial charge < -0.3 is 15.3 Å². The van der Waals surface area contributed by atoms with Crippen LogP contribution in [-0.4, -0.2) is 67.3 Å². The van der Waals surface area contributed by atoms with Crippen molar-refractivity contribution < 1.29 is 14.3 Å². The lowest BCUT2D eigenvalue weighted by atomic mass is 10.1. The Balaban J connectivity index is 1.64. The van der Waals surface area contributed by atoms with E-state index in [2.05, 4.69) is 20.3 Å². The number of carbonyl (C=O) groups excluding carboxylic acids is 1. The topological polar surface area (TPSA) is 109 Å². The Morgan fingerprint density at radius 2 is 1.97 bits per heavy atom. The summed E-state index contributed by atoms with van der Waals surface area (Å²) in [5.74, 6) is -1.31. The van der Waals surface area contributed by atoms with Crippen LogP contribution in [-0.2, 0) is 26.7 Å². The van der Waals surface area contributed by atoms with Crippen molar-refractivity contribution in [2.75, 3.05) is 27.2 Å². The zero-order valence-electron chi connectivity index (χ0n) is 19.4. The van der Waals surface area contributed by atoms with Crippen molar-refractivity contribution in [1.29, 1.82) is 0 Å². The molecule has 1 aliphatic rings. The maximum atomic E-state index is 13.1. The van der Waals surface area contributed by atoms with Crippen molar-refractivity contribution in [3.63, 3.8) is 0 Å². The number of aryl methyl sites for hydroxylation is 1. The predicted octanol–water partition coefficient (Wildman–Crippen LogP) is 0.870. The number of benzene rings is 1. The third-order valence-electron chi connectivity index (χ3n) is 5.78. The number of nitrogens with one attached hydrogen (secondary N) is 1. The summed E-state index contributed by atoms with van der Waals surface area (Å²) in [6, 6.07) is 7.34. The SMILES string of the molecule is CN(C)CC1c2nc(C(=O)NCc3ccc(F)cc3)c(O)c(=O)n2CCN1Cc1ccn(C)n1. The van der Waals surface area contributed by atoms with E-state index in [4.69, 9.17) is 0 Å². The summed E-state index contributed by atoms with van der Waals surface area (Å²) < 4.78 is 16.3. The van der Waals surface area contributed by atoms with Gasteiger partial charge in [-0.3, -0.25) is 23.7 Å². The quantitative estimate of drug-likeness (QED) is 0.529. The van der Waals surface area contributed by atoms with Crippen molar-refractivity contribution in [3.05, 3.63) is 75.5 Å². The molecule has 1 aromatic carbocycles. The highest BCUT2D eigenvalue weighted by Crippen LogP contribution is 2.27. The fourth-order valence-corrected chi connectivity index (χ4v) is 4.09. The number of hydrogen-bond donors (Lipinski definition) is 2. The summed E-state index contributed by atoms with van der Waals surface area (Å²) in [5, 5.41) is 17.6. The van der Waals surface area contributed by atoms with Gasteiger partial charge in [0, 0.05) is 46.0 Å². The zero-order valence-corrected chi connectivity index (χ0v) is 19.4. The lowest BCUT2D eigenvalue weighted by molar-refractivity contribution is 0.0929. The maximum absolute atomic E-state index is 13.1. The molecule has 3 heterocycles. The average Bonchev–Trinajstić information content (AvgIpc) is 3.21. The Morgan fingerprint density at radius 1 is 1.24 bits per heavy atom. The van der Waals surface area contributed by atoms with E-state index in [-0.39, 0.29) is 24.1 Å². The van der Waals surface area contributed by atoms with E-state index in [0.717, 1.165) is 5.69 Å². The Bertz CT molecular complexity index is 1240. The van der Waals surface area contributed by atoms with E-state index in [9.17, 15) is 19.1 Å². The molecule has 1 atom stereocenters. The molecule has 4 rings (SSSR count). The smallest absolute Gasteiger partial charge is 0.296 e. The van der Waals surface area contributed by atoms with Crippen LogP contribution in [0.4, 0.5) is 4.39 Å². The van der Waals surface area contributed by atoms with Gasteiger partial charge in [-0.25, -0.2) is 9.37 Å². The molecule has 3 aromatic rings. The van der Waals surface area contributed by atoms with E-state index in [1.54, 1.807) is 16.8 Å². The summed E-state index contributed by atoms with van der Waals surface area (Å²) in [6.45, 7) is 2.12. The molecule has 1 unspecified atom stereocenters. The molecule has 0 saturated carbocycles. The van der Waals surface area contributed by atoms with Crippen LogP contribution in [0.15, 0.2) is 41.3 Å². The monoisotopic (exact) mass is 469 g/mol. The molecule has 2 N–H and O–H groups in total. The van der Waals surface area contributed by atoms with Crippen LogP contribution < -0.4 is 10.9 Å². The Labute approximate surface area is 196 Å². The van der Waals surface area contributed by atoms with Crippen LogP contribution in [0.1, 0.15) is 33.6 Å². The fourth-order valence-electron chi connectivity index (χ4n) is 4.09. The molecule has 0 fully saturated rings. The van der Waals surface area contributed by atoms with Crippen molar-refractivity contribution in [2.45, 2.75) is 25.7 Å². The molecule has 0 aliphatic carbocycles. The molecule has 11 heteroatoms. The van der Waals surface area contributed by atoms with Crippen LogP contribution >= 0.6 is 0 Å². The first-order valence-electron chi connectivity index (χ1n) is 11.0. The number of hydrogen-bond acceptors (Lipinski definition) is 7. The molecule has 1 amide bonds. The van der Waals surface area contributed by atoms with Gasteiger partial charge in [-0.1, -0.05) is 12.1 Å². The van der Waals surface area contributed by atoms with Crippen LogP contribution in [0.5, 0.6) is 5.75 Å². The summed E-state index contributed by atoms with van der Waals surface area (Å²) in [6.07, 6.45) is 1.87. The lowest BCUT2D eigenvalue weighted by Crippen LogP contribution is -2.47. The van der Waals surface area contributed by atoms with Gasteiger partial charge in [-0.2, -0.15) is 5.10 Å². The van der Waals surface area contributed by atoms with E-state index >= 15 is 0 Å². The number of halogens is 1. The molecule has 0 bridgehead atoms. The molecule has 180 valence electrons. The summed E-state index contributed by atoms with van der Waals surface area (Å²) in [5.41, 5.74) is 0.606. The first-order chi connectivity index (χ1) is 16.2. The van der Waals surface area contributed by atoms with Gasteiger partial charge in [-0.15, -0.1) is 0 Å². The number of amides is 1. The first kappa shape index (κ1) is 23.6. The molecule has 10 nitrogen and oxygen atoms in total. The summed E-state index contributed by atoms with van der Waals surface area (Å²) in [7, 11) is 5.70. The van der Waals surface area contributed by atoms with Gasteiger partial charge in [0.1, 0.15) is 11.6 Å². The Kier molecular flexibility index (Phi) is 6.75. The highest BCUT2D eigenvalue weighted by Gasteiger charge is 2.33. The normalized spacial score (nSPS) is 16.0. The first-order valence-corrected chi connectivity index (χ1v) is 11.0. The maximum Gasteiger partial charge on any atom is 0.296 e. The predicted molar refractivity (Wildman–Crippen MR) is 123 cm³/mol. The second kappa shape index (κ2) is 9.74. The van der Waals surface area contributed by atoms with E-state index in [1.807, 2.05) is 38.3 Å². The molecular weight excluding hydrogens is 441 g/mol. The van der Waals surface area contributed by atoms with Crippen molar-refractivity contribution in [1.82, 2.24) is 34.4 Å². The number of aromatic hydroxyl groups is 1. The second-order valence-electron chi connectivity index (χ2n) is 8.66. The molecule has 34 heavy (non-hydrogen) atoms. The zero-order chi connectivity index (χ0) is 24.4. The van der Waals surface area contributed by atoms with Crippen molar-refractivity contribution in [2.24, 2.45) is 7.05 Å². The molecule has 0 radical (unpaired) electrons. The van der Waals surface area contributed by atoms with E-state index in [1.165, 1.54) is 16.7 Å². The summed E-state index contributed by atoms with van der Waals surface area (Å²) in [4.78, 5) is 34.4. The minimum Gasteiger partial charge on any atom is -0.501 e. The molecule has 2 aromatic heterocycles. The number of rotatable bonds is 7. The minimum absolute atomic E-state index is 0.103. The molecule has 0 spiro atoms. The third-order valence-corrected chi connectivity index (χ3v) is 5.78. The van der Waals surface area contributed by atoms with Crippen LogP contribution in [0.2, 0.25) is 0 Å². The van der Waals surface area contributed by atoms with E-state index in [0.29, 0.717) is 37.6 Å². The summed E-state index contributed by atoms with van der Waals surface area (Å²) >= 11 is 0. The van der Waals surface area contributed by atoms with Gasteiger partial charge in [0.25, 0.3) is 11.5 Å². The number of likely N-dealkylation sites (N-methyl/N-ethyl adjacent to an activating group) is 1. The van der Waals surface area contributed by atoms with Crippen LogP contribution in [0, 0.1) is 5.82 Å². The largest absolute Gasteiger partial charge is 0.501 e.